The Morgan fingerprint density at radius 3 is 2.06 bits per heavy atom. The van der Waals surface area contributed by atoms with Gasteiger partial charge in [0.1, 0.15) is 16.5 Å². The van der Waals surface area contributed by atoms with Crippen molar-refractivity contribution in [3.05, 3.63) is 88.1 Å². The maximum absolute atomic E-state index is 13.8. The highest BCUT2D eigenvalue weighted by atomic mass is 32.1. The number of fused-ring (bicyclic) bond motifs is 1. The molecule has 2 fully saturated rings. The van der Waals surface area contributed by atoms with Crippen LogP contribution in [0.5, 0.6) is 0 Å². The number of carbonyl (C=O) groups excluding carboxylic acids is 1. The van der Waals surface area contributed by atoms with Crippen molar-refractivity contribution >= 4 is 33.3 Å². The first-order chi connectivity index (χ1) is 17.1. The predicted octanol–water partition coefficient (Wildman–Crippen LogP) is 5.67. The maximum atomic E-state index is 13.8. The standard InChI is InChI=1S/C29H30N4OS/c1-19-20(2)35-28-24(19)27(30-26(31-28)23-13-14-23)32-15-17-33(18-16-32)29(34)25(21-9-5-3-6-10-21)22-11-7-4-8-12-22/h3-12,23,25H,13-18H2,1-2H3. The molecular formula is C29H30N4OS. The molecule has 0 radical (unpaired) electrons. The fourth-order valence-corrected chi connectivity index (χ4v) is 6.12. The van der Waals surface area contributed by atoms with Crippen molar-refractivity contribution < 1.29 is 4.79 Å². The van der Waals surface area contributed by atoms with Crippen LogP contribution in [0.25, 0.3) is 10.2 Å². The topological polar surface area (TPSA) is 49.3 Å². The minimum absolute atomic E-state index is 0.177. The van der Waals surface area contributed by atoms with Gasteiger partial charge in [-0.25, -0.2) is 9.97 Å². The highest BCUT2D eigenvalue weighted by molar-refractivity contribution is 7.18. The van der Waals surface area contributed by atoms with Crippen LogP contribution in [0.15, 0.2) is 60.7 Å². The first kappa shape index (κ1) is 22.2. The number of nitrogens with zero attached hydrogens (tertiary/aromatic N) is 4. The Kier molecular flexibility index (Phi) is 5.77. The number of benzene rings is 2. The average Bonchev–Trinajstić information content (AvgIpc) is 3.71. The summed E-state index contributed by atoms with van der Waals surface area (Å²) in [5.41, 5.74) is 3.37. The van der Waals surface area contributed by atoms with Gasteiger partial charge >= 0.3 is 0 Å². The summed E-state index contributed by atoms with van der Waals surface area (Å²) < 4.78 is 0. The van der Waals surface area contributed by atoms with Gasteiger partial charge in [-0.15, -0.1) is 11.3 Å². The van der Waals surface area contributed by atoms with Crippen LogP contribution >= 0.6 is 11.3 Å². The summed E-state index contributed by atoms with van der Waals surface area (Å²) in [5, 5.41) is 1.20. The van der Waals surface area contributed by atoms with E-state index in [1.165, 1.54) is 28.7 Å². The third-order valence-corrected chi connectivity index (χ3v) is 8.47. The van der Waals surface area contributed by atoms with Crippen LogP contribution in [0.2, 0.25) is 0 Å². The summed E-state index contributed by atoms with van der Waals surface area (Å²) in [6, 6.07) is 20.3. The zero-order valence-corrected chi connectivity index (χ0v) is 21.1. The summed E-state index contributed by atoms with van der Waals surface area (Å²) in [5.74, 6) is 2.48. The fourth-order valence-electron chi connectivity index (χ4n) is 5.09. The molecule has 3 heterocycles. The summed E-state index contributed by atoms with van der Waals surface area (Å²) in [6.07, 6.45) is 2.38. The summed E-state index contributed by atoms with van der Waals surface area (Å²) in [4.78, 5) is 30.7. The lowest BCUT2D eigenvalue weighted by Gasteiger charge is -2.37. The number of amides is 1. The second-order valence-electron chi connectivity index (χ2n) is 9.71. The Morgan fingerprint density at radius 1 is 0.886 bits per heavy atom. The fraction of sp³-hybridized carbons (Fsp3) is 0.345. The van der Waals surface area contributed by atoms with E-state index in [-0.39, 0.29) is 11.8 Å². The maximum Gasteiger partial charge on any atom is 0.234 e. The van der Waals surface area contributed by atoms with E-state index >= 15 is 0 Å². The van der Waals surface area contributed by atoms with Crippen molar-refractivity contribution in [1.29, 1.82) is 0 Å². The molecule has 1 aliphatic carbocycles. The lowest BCUT2D eigenvalue weighted by Crippen LogP contribution is -2.50. The molecule has 0 atom stereocenters. The van der Waals surface area contributed by atoms with Crippen molar-refractivity contribution in [2.75, 3.05) is 31.1 Å². The highest BCUT2D eigenvalue weighted by Crippen LogP contribution is 2.42. The van der Waals surface area contributed by atoms with Gasteiger partial charge in [-0.05, 0) is 43.4 Å². The number of aromatic nitrogens is 2. The molecule has 0 N–H and O–H groups in total. The molecular weight excluding hydrogens is 452 g/mol. The molecule has 2 aromatic carbocycles. The minimum Gasteiger partial charge on any atom is -0.352 e. The van der Waals surface area contributed by atoms with Gasteiger partial charge in [0.2, 0.25) is 5.91 Å². The van der Waals surface area contributed by atoms with E-state index in [2.05, 4.69) is 43.0 Å². The van der Waals surface area contributed by atoms with Crippen LogP contribution in [0.3, 0.4) is 0 Å². The van der Waals surface area contributed by atoms with Crippen molar-refractivity contribution in [2.24, 2.45) is 0 Å². The Morgan fingerprint density at radius 2 is 1.49 bits per heavy atom. The van der Waals surface area contributed by atoms with Gasteiger partial charge in [0, 0.05) is 37.0 Å². The first-order valence-corrected chi connectivity index (χ1v) is 13.3. The summed E-state index contributed by atoms with van der Waals surface area (Å²) in [6.45, 7) is 7.32. The second-order valence-corrected chi connectivity index (χ2v) is 10.9. The molecule has 0 spiro atoms. The normalized spacial score (nSPS) is 16.3. The van der Waals surface area contributed by atoms with Gasteiger partial charge in [0.15, 0.2) is 0 Å². The number of piperazine rings is 1. The lowest BCUT2D eigenvalue weighted by atomic mass is 9.90. The lowest BCUT2D eigenvalue weighted by molar-refractivity contribution is -0.132. The molecule has 4 aromatic rings. The number of aryl methyl sites for hydroxylation is 2. The summed E-state index contributed by atoms with van der Waals surface area (Å²) in [7, 11) is 0. The SMILES string of the molecule is Cc1sc2nc(C3CC3)nc(N3CCN(C(=O)C(c4ccccc4)c4ccccc4)CC3)c2c1C. The number of rotatable bonds is 5. The third-order valence-electron chi connectivity index (χ3n) is 7.37. The van der Waals surface area contributed by atoms with E-state index in [9.17, 15) is 4.79 Å². The van der Waals surface area contributed by atoms with E-state index in [1.807, 2.05) is 41.3 Å². The Labute approximate surface area is 210 Å². The monoisotopic (exact) mass is 482 g/mol. The smallest absolute Gasteiger partial charge is 0.234 e. The Bertz CT molecular complexity index is 1320. The van der Waals surface area contributed by atoms with Gasteiger partial charge in [-0.3, -0.25) is 4.79 Å². The molecule has 6 heteroatoms. The van der Waals surface area contributed by atoms with Crippen LogP contribution < -0.4 is 4.90 Å². The number of carbonyl (C=O) groups is 1. The van der Waals surface area contributed by atoms with Crippen molar-refractivity contribution in [3.8, 4) is 0 Å². The molecule has 1 aliphatic heterocycles. The molecule has 35 heavy (non-hydrogen) atoms. The molecule has 1 saturated carbocycles. The zero-order chi connectivity index (χ0) is 23.9. The van der Waals surface area contributed by atoms with Gasteiger partial charge in [0.05, 0.1) is 11.3 Å². The number of thiophene rings is 1. The molecule has 1 saturated heterocycles. The molecule has 178 valence electrons. The Hall–Kier alpha value is -3.25. The Balaban J connectivity index is 1.27. The number of hydrogen-bond donors (Lipinski definition) is 0. The van der Waals surface area contributed by atoms with Crippen molar-refractivity contribution in [2.45, 2.75) is 38.5 Å². The molecule has 6 rings (SSSR count). The number of anilines is 1. The quantitative estimate of drug-likeness (QED) is 0.368. The molecule has 2 aliphatic rings. The molecule has 5 nitrogen and oxygen atoms in total. The predicted molar refractivity (Wildman–Crippen MR) is 142 cm³/mol. The highest BCUT2D eigenvalue weighted by Gasteiger charge is 2.33. The molecule has 1 amide bonds. The average molecular weight is 483 g/mol. The van der Waals surface area contributed by atoms with E-state index < -0.39 is 0 Å². The molecule has 2 aromatic heterocycles. The van der Waals surface area contributed by atoms with Crippen LogP contribution in [0.1, 0.15) is 52.1 Å². The van der Waals surface area contributed by atoms with E-state index in [1.54, 1.807) is 11.3 Å². The number of hydrogen-bond acceptors (Lipinski definition) is 5. The van der Waals surface area contributed by atoms with Crippen LogP contribution in [0, 0.1) is 13.8 Å². The molecule has 0 unspecified atom stereocenters. The van der Waals surface area contributed by atoms with Gasteiger partial charge in [-0.1, -0.05) is 60.7 Å². The van der Waals surface area contributed by atoms with E-state index in [0.29, 0.717) is 19.0 Å². The molecule has 0 bridgehead atoms. The van der Waals surface area contributed by atoms with Gasteiger partial charge < -0.3 is 9.80 Å². The largest absolute Gasteiger partial charge is 0.352 e. The summed E-state index contributed by atoms with van der Waals surface area (Å²) >= 11 is 1.78. The van der Waals surface area contributed by atoms with Crippen LogP contribution in [-0.4, -0.2) is 47.0 Å². The third kappa shape index (κ3) is 4.20. The first-order valence-electron chi connectivity index (χ1n) is 12.5. The zero-order valence-electron chi connectivity index (χ0n) is 20.3. The minimum atomic E-state index is -0.280. The second kappa shape index (κ2) is 9.08. The van der Waals surface area contributed by atoms with E-state index in [0.717, 1.165) is 40.7 Å². The van der Waals surface area contributed by atoms with Gasteiger partial charge in [0.25, 0.3) is 0 Å². The van der Waals surface area contributed by atoms with Gasteiger partial charge in [-0.2, -0.15) is 0 Å². The van der Waals surface area contributed by atoms with Crippen molar-refractivity contribution in [1.82, 2.24) is 14.9 Å². The van der Waals surface area contributed by atoms with Crippen LogP contribution in [-0.2, 0) is 4.79 Å². The van der Waals surface area contributed by atoms with Crippen molar-refractivity contribution in [3.63, 3.8) is 0 Å². The van der Waals surface area contributed by atoms with Crippen LogP contribution in [0.4, 0.5) is 5.82 Å². The van der Waals surface area contributed by atoms with E-state index in [4.69, 9.17) is 9.97 Å².